The van der Waals surface area contributed by atoms with Crippen LogP contribution < -0.4 is 0 Å². The van der Waals surface area contributed by atoms with Gasteiger partial charge in [0.25, 0.3) is 0 Å². The highest BCUT2D eigenvalue weighted by Crippen LogP contribution is 2.14. The standard InChI is InChI=1S/C13H18N2/c1-5-11-7-8-12(6-2)13(9-11)10(3)15-14-4/h7-9H,4-6H2,1-3H3/b15-10+. The minimum Gasteiger partial charge on any atom is -0.167 e. The minimum absolute atomic E-state index is 0.942. The second-order valence-electron chi connectivity index (χ2n) is 3.53. The van der Waals surface area contributed by atoms with Crippen LogP contribution in [0, 0.1) is 0 Å². The zero-order valence-electron chi connectivity index (χ0n) is 9.75. The summed E-state index contributed by atoms with van der Waals surface area (Å²) in [4.78, 5) is 0. The Bertz CT molecular complexity index is 378. The van der Waals surface area contributed by atoms with Gasteiger partial charge in [-0.2, -0.15) is 10.2 Å². The van der Waals surface area contributed by atoms with Gasteiger partial charge in [0.2, 0.25) is 0 Å². The highest BCUT2D eigenvalue weighted by atomic mass is 15.2. The lowest BCUT2D eigenvalue weighted by atomic mass is 9.98. The van der Waals surface area contributed by atoms with Crippen molar-refractivity contribution >= 4 is 12.4 Å². The molecule has 0 unspecified atom stereocenters. The van der Waals surface area contributed by atoms with Crippen molar-refractivity contribution in [2.45, 2.75) is 33.6 Å². The summed E-state index contributed by atoms with van der Waals surface area (Å²) in [6.07, 6.45) is 2.06. The number of hydrogen-bond donors (Lipinski definition) is 0. The smallest absolute Gasteiger partial charge is 0.0674 e. The summed E-state index contributed by atoms with van der Waals surface area (Å²) in [5.41, 5.74) is 4.79. The molecule has 0 radical (unpaired) electrons. The van der Waals surface area contributed by atoms with Crippen molar-refractivity contribution in [3.63, 3.8) is 0 Å². The molecule has 2 heteroatoms. The molecule has 0 bridgehead atoms. The topological polar surface area (TPSA) is 24.7 Å². The Morgan fingerprint density at radius 1 is 1.27 bits per heavy atom. The predicted octanol–water partition coefficient (Wildman–Crippen LogP) is 3.24. The molecule has 1 aromatic rings. The van der Waals surface area contributed by atoms with Crippen LogP contribution in [-0.4, -0.2) is 12.4 Å². The van der Waals surface area contributed by atoms with Crippen molar-refractivity contribution in [1.82, 2.24) is 0 Å². The lowest BCUT2D eigenvalue weighted by Gasteiger charge is -2.08. The molecular weight excluding hydrogens is 184 g/mol. The van der Waals surface area contributed by atoms with Crippen LogP contribution >= 0.6 is 0 Å². The molecule has 15 heavy (non-hydrogen) atoms. The van der Waals surface area contributed by atoms with E-state index >= 15 is 0 Å². The van der Waals surface area contributed by atoms with Gasteiger partial charge in [0, 0.05) is 12.3 Å². The summed E-state index contributed by atoms with van der Waals surface area (Å²) in [5, 5.41) is 7.59. The molecule has 0 spiro atoms. The molecule has 0 atom stereocenters. The van der Waals surface area contributed by atoms with Gasteiger partial charge in [-0.25, -0.2) is 0 Å². The molecule has 80 valence electrons. The molecule has 0 aliphatic carbocycles. The maximum absolute atomic E-state index is 4.01. The van der Waals surface area contributed by atoms with Crippen molar-refractivity contribution in [2.75, 3.05) is 0 Å². The largest absolute Gasteiger partial charge is 0.167 e. The fourth-order valence-electron chi connectivity index (χ4n) is 1.65. The Morgan fingerprint density at radius 2 is 2.00 bits per heavy atom. The third-order valence-electron chi connectivity index (χ3n) is 2.57. The van der Waals surface area contributed by atoms with Crippen molar-refractivity contribution in [3.8, 4) is 0 Å². The van der Waals surface area contributed by atoms with Crippen molar-refractivity contribution in [2.24, 2.45) is 10.2 Å². The van der Waals surface area contributed by atoms with Gasteiger partial charge in [0.1, 0.15) is 0 Å². The first-order valence-electron chi connectivity index (χ1n) is 5.35. The van der Waals surface area contributed by atoms with Gasteiger partial charge in [0.05, 0.1) is 5.71 Å². The average molecular weight is 202 g/mol. The number of hydrogen-bond acceptors (Lipinski definition) is 2. The minimum atomic E-state index is 0.942. The van der Waals surface area contributed by atoms with Crippen LogP contribution in [0.15, 0.2) is 28.4 Å². The van der Waals surface area contributed by atoms with Crippen LogP contribution in [0.25, 0.3) is 0 Å². The summed E-state index contributed by atoms with van der Waals surface area (Å²) in [7, 11) is 0. The average Bonchev–Trinajstić information content (AvgIpc) is 2.28. The van der Waals surface area contributed by atoms with Crippen molar-refractivity contribution in [1.29, 1.82) is 0 Å². The summed E-state index contributed by atoms with van der Waals surface area (Å²) >= 11 is 0. The summed E-state index contributed by atoms with van der Waals surface area (Å²) in [6, 6.07) is 6.55. The first kappa shape index (κ1) is 11.6. The van der Waals surface area contributed by atoms with E-state index in [9.17, 15) is 0 Å². The molecule has 2 nitrogen and oxygen atoms in total. The van der Waals surface area contributed by atoms with E-state index in [4.69, 9.17) is 0 Å². The van der Waals surface area contributed by atoms with Gasteiger partial charge >= 0.3 is 0 Å². The third-order valence-corrected chi connectivity index (χ3v) is 2.57. The number of nitrogens with zero attached hydrogens (tertiary/aromatic N) is 2. The molecule has 1 aromatic carbocycles. The fourth-order valence-corrected chi connectivity index (χ4v) is 1.65. The number of rotatable bonds is 4. The molecule has 0 saturated heterocycles. The van der Waals surface area contributed by atoms with Crippen molar-refractivity contribution < 1.29 is 0 Å². The summed E-state index contributed by atoms with van der Waals surface area (Å²) in [6.45, 7) is 9.67. The van der Waals surface area contributed by atoms with Crippen LogP contribution in [0.5, 0.6) is 0 Å². The SMILES string of the molecule is C=N/N=C(\C)c1cc(CC)ccc1CC. The van der Waals surface area contributed by atoms with Crippen LogP contribution in [-0.2, 0) is 12.8 Å². The van der Waals surface area contributed by atoms with Gasteiger partial charge in [-0.15, -0.1) is 0 Å². The third kappa shape index (κ3) is 2.75. The van der Waals surface area contributed by atoms with E-state index in [1.807, 2.05) is 6.92 Å². The molecule has 0 N–H and O–H groups in total. The van der Waals surface area contributed by atoms with Gasteiger partial charge in [-0.05, 0) is 37.0 Å². The molecule has 0 amide bonds. The molecule has 0 fully saturated rings. The molecular formula is C13H18N2. The van der Waals surface area contributed by atoms with Gasteiger partial charge in [-0.1, -0.05) is 26.0 Å². The zero-order valence-corrected chi connectivity index (χ0v) is 9.75. The molecule has 0 heterocycles. The quantitative estimate of drug-likeness (QED) is 0.529. The monoisotopic (exact) mass is 202 g/mol. The second-order valence-corrected chi connectivity index (χ2v) is 3.53. The first-order chi connectivity index (χ1) is 7.22. The van der Waals surface area contributed by atoms with Gasteiger partial charge in [0.15, 0.2) is 0 Å². The van der Waals surface area contributed by atoms with E-state index in [-0.39, 0.29) is 0 Å². The van der Waals surface area contributed by atoms with E-state index in [2.05, 4.69) is 49.0 Å². The Balaban J connectivity index is 3.22. The van der Waals surface area contributed by atoms with Crippen molar-refractivity contribution in [3.05, 3.63) is 34.9 Å². The first-order valence-corrected chi connectivity index (χ1v) is 5.35. The number of aryl methyl sites for hydroxylation is 2. The Morgan fingerprint density at radius 3 is 2.53 bits per heavy atom. The lowest BCUT2D eigenvalue weighted by Crippen LogP contribution is -2.01. The Hall–Kier alpha value is -1.44. The Kier molecular flexibility index (Phi) is 4.22. The van der Waals surface area contributed by atoms with E-state index in [0.29, 0.717) is 0 Å². The molecule has 0 saturated carbocycles. The highest BCUT2D eigenvalue weighted by molar-refractivity contribution is 6.00. The van der Waals surface area contributed by atoms with Crippen LogP contribution in [0.4, 0.5) is 0 Å². The molecule has 0 aromatic heterocycles. The summed E-state index contributed by atoms with van der Waals surface area (Å²) in [5.74, 6) is 0. The van der Waals surface area contributed by atoms with E-state index < -0.39 is 0 Å². The van der Waals surface area contributed by atoms with E-state index in [0.717, 1.165) is 18.6 Å². The lowest BCUT2D eigenvalue weighted by molar-refractivity contribution is 1.09. The van der Waals surface area contributed by atoms with E-state index in [1.54, 1.807) is 0 Å². The maximum Gasteiger partial charge on any atom is 0.0674 e. The van der Waals surface area contributed by atoms with Gasteiger partial charge in [-0.3, -0.25) is 0 Å². The highest BCUT2D eigenvalue weighted by Gasteiger charge is 2.04. The van der Waals surface area contributed by atoms with Crippen LogP contribution in [0.3, 0.4) is 0 Å². The fraction of sp³-hybridized carbons (Fsp3) is 0.385. The maximum atomic E-state index is 4.01. The Labute approximate surface area is 91.7 Å². The predicted molar refractivity (Wildman–Crippen MR) is 67.0 cm³/mol. The van der Waals surface area contributed by atoms with Gasteiger partial charge < -0.3 is 0 Å². The molecule has 0 aliphatic heterocycles. The molecule has 1 rings (SSSR count). The zero-order chi connectivity index (χ0) is 11.3. The van der Waals surface area contributed by atoms with Crippen LogP contribution in [0.2, 0.25) is 0 Å². The van der Waals surface area contributed by atoms with Crippen LogP contribution in [0.1, 0.15) is 37.5 Å². The molecule has 0 aliphatic rings. The number of benzene rings is 1. The summed E-state index contributed by atoms with van der Waals surface area (Å²) < 4.78 is 0. The second kappa shape index (κ2) is 5.44. The van der Waals surface area contributed by atoms with E-state index in [1.165, 1.54) is 16.7 Å². The normalized spacial score (nSPS) is 11.5.